The molecule has 3 rings (SSSR count). The van der Waals surface area contributed by atoms with Gasteiger partial charge in [-0.1, -0.05) is 17.7 Å². The molecular weight excluding hydrogens is 322 g/mol. The predicted octanol–water partition coefficient (Wildman–Crippen LogP) is 3.11. The van der Waals surface area contributed by atoms with Crippen molar-refractivity contribution in [2.45, 2.75) is 4.90 Å². The minimum Gasteiger partial charge on any atom is -0.269 e. The standard InChI is InChI=1S/C15H12ClN3O2S/c1-19(22(20,21)13-4-2-3-11(16)9-13)12-5-6-14-15(10-12)18-8-7-17-14/h2-10H,1H3. The summed E-state index contributed by atoms with van der Waals surface area (Å²) in [7, 11) is -2.19. The van der Waals surface area contributed by atoms with Crippen LogP contribution in [0.1, 0.15) is 0 Å². The minimum absolute atomic E-state index is 0.141. The molecule has 0 radical (unpaired) electrons. The van der Waals surface area contributed by atoms with Gasteiger partial charge in [-0.2, -0.15) is 0 Å². The van der Waals surface area contributed by atoms with Gasteiger partial charge < -0.3 is 0 Å². The Bertz CT molecular complexity index is 944. The molecule has 5 nitrogen and oxygen atoms in total. The number of sulfonamides is 1. The van der Waals surface area contributed by atoms with Crippen LogP contribution in [0.4, 0.5) is 5.69 Å². The van der Waals surface area contributed by atoms with Crippen LogP contribution in [-0.2, 0) is 10.0 Å². The SMILES string of the molecule is CN(c1ccc2nccnc2c1)S(=O)(=O)c1cccc(Cl)c1. The average Bonchev–Trinajstić information content (AvgIpc) is 2.53. The van der Waals surface area contributed by atoms with E-state index in [2.05, 4.69) is 9.97 Å². The van der Waals surface area contributed by atoms with E-state index in [4.69, 9.17) is 11.6 Å². The smallest absolute Gasteiger partial charge is 0.264 e. The molecule has 0 amide bonds. The lowest BCUT2D eigenvalue weighted by Gasteiger charge is -2.19. The highest BCUT2D eigenvalue weighted by molar-refractivity contribution is 7.92. The maximum Gasteiger partial charge on any atom is 0.264 e. The molecule has 0 atom stereocenters. The summed E-state index contributed by atoms with van der Waals surface area (Å²) in [5.74, 6) is 0. The van der Waals surface area contributed by atoms with Crippen molar-refractivity contribution in [2.24, 2.45) is 0 Å². The summed E-state index contributed by atoms with van der Waals surface area (Å²) in [5.41, 5.74) is 1.85. The van der Waals surface area contributed by atoms with Crippen molar-refractivity contribution in [3.05, 3.63) is 59.9 Å². The third-order valence-corrected chi connectivity index (χ3v) is 5.29. The Morgan fingerprint density at radius 2 is 1.73 bits per heavy atom. The van der Waals surface area contributed by atoms with E-state index in [0.717, 1.165) is 0 Å². The van der Waals surface area contributed by atoms with Crippen molar-refractivity contribution in [3.8, 4) is 0 Å². The molecule has 1 heterocycles. The Kier molecular flexibility index (Phi) is 3.72. The van der Waals surface area contributed by atoms with E-state index >= 15 is 0 Å². The highest BCUT2D eigenvalue weighted by Gasteiger charge is 2.21. The lowest BCUT2D eigenvalue weighted by atomic mass is 10.2. The number of benzene rings is 2. The fourth-order valence-corrected chi connectivity index (χ4v) is 3.56. The van der Waals surface area contributed by atoms with Gasteiger partial charge in [-0.15, -0.1) is 0 Å². The molecule has 3 aromatic rings. The van der Waals surface area contributed by atoms with Crippen LogP contribution in [0.25, 0.3) is 11.0 Å². The molecule has 0 saturated carbocycles. The summed E-state index contributed by atoms with van der Waals surface area (Å²) in [6.45, 7) is 0. The second-order valence-electron chi connectivity index (χ2n) is 4.66. The van der Waals surface area contributed by atoms with Crippen molar-refractivity contribution in [2.75, 3.05) is 11.4 Å². The van der Waals surface area contributed by atoms with Crippen LogP contribution in [-0.4, -0.2) is 25.4 Å². The van der Waals surface area contributed by atoms with Gasteiger partial charge >= 0.3 is 0 Å². The fourth-order valence-electron chi connectivity index (χ4n) is 2.07. The third-order valence-electron chi connectivity index (χ3n) is 3.27. The molecule has 1 aromatic heterocycles. The van der Waals surface area contributed by atoms with Crippen LogP contribution in [0.2, 0.25) is 5.02 Å². The van der Waals surface area contributed by atoms with Crippen LogP contribution in [0.3, 0.4) is 0 Å². The summed E-state index contributed by atoms with van der Waals surface area (Å²) < 4.78 is 26.5. The number of hydrogen-bond acceptors (Lipinski definition) is 4. The van der Waals surface area contributed by atoms with Crippen molar-refractivity contribution in [1.29, 1.82) is 0 Å². The van der Waals surface area contributed by atoms with Gasteiger partial charge in [0.05, 0.1) is 21.6 Å². The molecule has 0 fully saturated rings. The number of halogens is 1. The quantitative estimate of drug-likeness (QED) is 0.738. The van der Waals surface area contributed by atoms with Gasteiger partial charge in [-0.05, 0) is 36.4 Å². The second kappa shape index (κ2) is 5.55. The maximum absolute atomic E-state index is 12.7. The first-order valence-corrected chi connectivity index (χ1v) is 8.25. The van der Waals surface area contributed by atoms with Crippen molar-refractivity contribution >= 4 is 38.3 Å². The van der Waals surface area contributed by atoms with Crippen LogP contribution in [0.5, 0.6) is 0 Å². The highest BCUT2D eigenvalue weighted by atomic mass is 35.5. The molecule has 0 bridgehead atoms. The lowest BCUT2D eigenvalue weighted by Crippen LogP contribution is -2.26. The number of hydrogen-bond donors (Lipinski definition) is 0. The Morgan fingerprint density at radius 3 is 2.45 bits per heavy atom. The second-order valence-corrected chi connectivity index (χ2v) is 7.06. The van der Waals surface area contributed by atoms with Crippen molar-refractivity contribution < 1.29 is 8.42 Å². The topological polar surface area (TPSA) is 63.2 Å². The van der Waals surface area contributed by atoms with E-state index in [9.17, 15) is 8.42 Å². The summed E-state index contributed by atoms with van der Waals surface area (Å²) in [6.07, 6.45) is 3.16. The zero-order chi connectivity index (χ0) is 15.7. The minimum atomic E-state index is -3.68. The molecule has 7 heteroatoms. The Morgan fingerprint density at radius 1 is 1.00 bits per heavy atom. The van der Waals surface area contributed by atoms with Crippen LogP contribution >= 0.6 is 11.6 Å². The van der Waals surface area contributed by atoms with Crippen LogP contribution in [0.15, 0.2) is 59.8 Å². The number of anilines is 1. The van der Waals surface area contributed by atoms with E-state index < -0.39 is 10.0 Å². The largest absolute Gasteiger partial charge is 0.269 e. The fraction of sp³-hybridized carbons (Fsp3) is 0.0667. The van der Waals surface area contributed by atoms with E-state index in [1.807, 2.05) is 0 Å². The van der Waals surface area contributed by atoms with Crippen molar-refractivity contribution in [3.63, 3.8) is 0 Å². The maximum atomic E-state index is 12.7. The van der Waals surface area contributed by atoms with E-state index in [0.29, 0.717) is 21.7 Å². The predicted molar refractivity (Wildman–Crippen MR) is 86.6 cm³/mol. The molecule has 2 aromatic carbocycles. The average molecular weight is 334 g/mol. The first kappa shape index (κ1) is 14.7. The first-order chi connectivity index (χ1) is 10.5. The Hall–Kier alpha value is -2.18. The van der Waals surface area contributed by atoms with Gasteiger partial charge in [0.25, 0.3) is 10.0 Å². The monoisotopic (exact) mass is 333 g/mol. The molecule has 0 N–H and O–H groups in total. The number of rotatable bonds is 3. The van der Waals surface area contributed by atoms with Crippen molar-refractivity contribution in [1.82, 2.24) is 9.97 Å². The van der Waals surface area contributed by atoms with Crippen LogP contribution in [0, 0.1) is 0 Å². The van der Waals surface area contributed by atoms with Gasteiger partial charge in [0, 0.05) is 24.5 Å². The molecule has 0 saturated heterocycles. The number of nitrogens with zero attached hydrogens (tertiary/aromatic N) is 3. The van der Waals surface area contributed by atoms with Gasteiger partial charge in [0.2, 0.25) is 0 Å². The molecule has 0 aliphatic rings. The van der Waals surface area contributed by atoms with E-state index in [1.54, 1.807) is 42.7 Å². The Balaban J connectivity index is 2.06. The van der Waals surface area contributed by atoms with Gasteiger partial charge in [-0.25, -0.2) is 8.42 Å². The van der Waals surface area contributed by atoms with Gasteiger partial charge in [0.1, 0.15) is 0 Å². The highest BCUT2D eigenvalue weighted by Crippen LogP contribution is 2.25. The summed E-state index contributed by atoms with van der Waals surface area (Å²) >= 11 is 5.88. The third kappa shape index (κ3) is 2.63. The molecule has 0 unspecified atom stereocenters. The van der Waals surface area contributed by atoms with E-state index in [1.165, 1.54) is 23.5 Å². The number of aromatic nitrogens is 2. The van der Waals surface area contributed by atoms with Gasteiger partial charge in [-0.3, -0.25) is 14.3 Å². The lowest BCUT2D eigenvalue weighted by molar-refractivity contribution is 0.594. The Labute approximate surface area is 133 Å². The molecule has 22 heavy (non-hydrogen) atoms. The van der Waals surface area contributed by atoms with Crippen LogP contribution < -0.4 is 4.31 Å². The molecule has 0 spiro atoms. The zero-order valence-electron chi connectivity index (χ0n) is 11.6. The number of fused-ring (bicyclic) bond motifs is 1. The zero-order valence-corrected chi connectivity index (χ0v) is 13.2. The molecule has 112 valence electrons. The molecule has 0 aliphatic heterocycles. The first-order valence-electron chi connectivity index (χ1n) is 6.44. The summed E-state index contributed by atoms with van der Waals surface area (Å²) in [6, 6.07) is 11.3. The van der Waals surface area contributed by atoms with Gasteiger partial charge in [0.15, 0.2) is 0 Å². The summed E-state index contributed by atoms with van der Waals surface area (Å²) in [4.78, 5) is 8.49. The summed E-state index contributed by atoms with van der Waals surface area (Å²) in [5, 5.41) is 0.374. The van der Waals surface area contributed by atoms with E-state index in [-0.39, 0.29) is 4.90 Å². The normalized spacial score (nSPS) is 11.5. The molecular formula is C15H12ClN3O2S. The molecule has 0 aliphatic carbocycles.